The van der Waals surface area contributed by atoms with Crippen LogP contribution in [0.3, 0.4) is 0 Å². The lowest BCUT2D eigenvalue weighted by Crippen LogP contribution is -2.33. The zero-order valence-corrected chi connectivity index (χ0v) is 11.4. The second-order valence-corrected chi connectivity index (χ2v) is 4.57. The minimum atomic E-state index is 0.00975. The van der Waals surface area contributed by atoms with Crippen LogP contribution in [0.15, 0.2) is 22.7 Å². The van der Waals surface area contributed by atoms with Crippen molar-refractivity contribution in [1.82, 2.24) is 10.6 Å². The van der Waals surface area contributed by atoms with Crippen molar-refractivity contribution in [3.63, 3.8) is 0 Å². The molecule has 16 heavy (non-hydrogen) atoms. The molecule has 0 fully saturated rings. The Labute approximate surface area is 109 Å². The number of hydrogen-bond acceptors (Lipinski definition) is 2. The quantitative estimate of drug-likeness (QED) is 0.876. The molecule has 0 aliphatic heterocycles. The molecular formula is C11H14BrClN2O. The van der Waals surface area contributed by atoms with Crippen molar-refractivity contribution in [2.24, 2.45) is 0 Å². The molecule has 1 aromatic carbocycles. The van der Waals surface area contributed by atoms with Crippen molar-refractivity contribution in [3.05, 3.63) is 33.3 Å². The summed E-state index contributed by atoms with van der Waals surface area (Å²) in [5, 5.41) is 6.46. The van der Waals surface area contributed by atoms with E-state index in [2.05, 4.69) is 26.6 Å². The van der Waals surface area contributed by atoms with Crippen LogP contribution < -0.4 is 10.6 Å². The van der Waals surface area contributed by atoms with Gasteiger partial charge >= 0.3 is 0 Å². The van der Waals surface area contributed by atoms with Gasteiger partial charge in [0.15, 0.2) is 0 Å². The molecule has 5 heteroatoms. The molecule has 2 N–H and O–H groups in total. The largest absolute Gasteiger partial charge is 0.355 e. The van der Waals surface area contributed by atoms with Crippen LogP contribution in [0.25, 0.3) is 0 Å². The van der Waals surface area contributed by atoms with E-state index in [0.29, 0.717) is 24.7 Å². The minimum Gasteiger partial charge on any atom is -0.355 e. The third-order valence-corrected chi connectivity index (χ3v) is 3.19. The molecule has 0 atom stereocenters. The Kier molecular flexibility index (Phi) is 5.80. The third-order valence-electron chi connectivity index (χ3n) is 1.97. The minimum absolute atomic E-state index is 0.00975. The molecule has 0 aliphatic carbocycles. The number of carbonyl (C=O) groups is 1. The fourth-order valence-corrected chi connectivity index (χ4v) is 1.77. The van der Waals surface area contributed by atoms with Crippen LogP contribution in [0, 0.1) is 0 Å². The highest BCUT2D eigenvalue weighted by Crippen LogP contribution is 2.22. The van der Waals surface area contributed by atoms with E-state index < -0.39 is 0 Å². The van der Waals surface area contributed by atoms with Crippen molar-refractivity contribution in [3.8, 4) is 0 Å². The molecular weight excluding hydrogens is 291 g/mol. The lowest BCUT2D eigenvalue weighted by atomic mass is 10.2. The maximum absolute atomic E-state index is 11.2. The van der Waals surface area contributed by atoms with Gasteiger partial charge in [-0.05, 0) is 40.5 Å². The van der Waals surface area contributed by atoms with Gasteiger partial charge < -0.3 is 10.6 Å². The molecule has 0 bridgehead atoms. The summed E-state index contributed by atoms with van der Waals surface area (Å²) in [6, 6.07) is 5.69. The molecule has 0 saturated heterocycles. The lowest BCUT2D eigenvalue weighted by molar-refractivity contribution is -0.120. The molecule has 3 nitrogen and oxygen atoms in total. The number of nitrogens with one attached hydrogen (secondary N) is 2. The number of amides is 1. The van der Waals surface area contributed by atoms with Gasteiger partial charge in [-0.3, -0.25) is 4.79 Å². The Morgan fingerprint density at radius 3 is 2.88 bits per heavy atom. The van der Waals surface area contributed by atoms with Crippen LogP contribution in [-0.4, -0.2) is 19.0 Å². The van der Waals surface area contributed by atoms with Crippen LogP contribution in [0.2, 0.25) is 5.02 Å². The topological polar surface area (TPSA) is 41.1 Å². The number of hydrogen-bond donors (Lipinski definition) is 2. The Bertz CT molecular complexity index is 371. The van der Waals surface area contributed by atoms with E-state index in [1.54, 1.807) is 0 Å². The van der Waals surface area contributed by atoms with Crippen LogP contribution in [0.1, 0.15) is 12.5 Å². The number of carbonyl (C=O) groups excluding carboxylic acids is 1. The van der Waals surface area contributed by atoms with Crippen molar-refractivity contribution >= 4 is 33.4 Å². The average Bonchev–Trinajstić information content (AvgIpc) is 2.24. The van der Waals surface area contributed by atoms with Gasteiger partial charge in [0.1, 0.15) is 0 Å². The molecule has 0 radical (unpaired) electrons. The van der Waals surface area contributed by atoms with Crippen LogP contribution >= 0.6 is 27.5 Å². The van der Waals surface area contributed by atoms with Crippen molar-refractivity contribution in [2.45, 2.75) is 13.5 Å². The Balaban J connectivity index is 2.37. The van der Waals surface area contributed by atoms with E-state index in [4.69, 9.17) is 11.6 Å². The summed E-state index contributed by atoms with van der Waals surface area (Å²) < 4.78 is 0.867. The Morgan fingerprint density at radius 1 is 1.50 bits per heavy atom. The fraction of sp³-hybridized carbons (Fsp3) is 0.364. The molecule has 1 amide bonds. The van der Waals surface area contributed by atoms with Crippen LogP contribution in [0.5, 0.6) is 0 Å². The molecule has 1 aromatic rings. The van der Waals surface area contributed by atoms with E-state index in [1.807, 2.05) is 25.1 Å². The molecule has 0 aromatic heterocycles. The first kappa shape index (κ1) is 13.5. The fourth-order valence-electron chi connectivity index (χ4n) is 1.23. The maximum Gasteiger partial charge on any atom is 0.233 e. The van der Waals surface area contributed by atoms with Gasteiger partial charge in [-0.1, -0.05) is 17.7 Å². The first-order valence-corrected chi connectivity index (χ1v) is 6.22. The monoisotopic (exact) mass is 304 g/mol. The number of rotatable bonds is 5. The van der Waals surface area contributed by atoms with Gasteiger partial charge in [0, 0.05) is 17.6 Å². The smallest absolute Gasteiger partial charge is 0.233 e. The number of benzene rings is 1. The molecule has 0 spiro atoms. The highest BCUT2D eigenvalue weighted by Gasteiger charge is 2.01. The summed E-state index contributed by atoms with van der Waals surface area (Å²) in [5.74, 6) is 0.00975. The second kappa shape index (κ2) is 6.89. The summed E-state index contributed by atoms with van der Waals surface area (Å²) >= 11 is 9.23. The van der Waals surface area contributed by atoms with Crippen molar-refractivity contribution in [2.75, 3.05) is 13.1 Å². The first-order valence-electron chi connectivity index (χ1n) is 5.04. The molecule has 1 rings (SSSR count). The van der Waals surface area contributed by atoms with Crippen LogP contribution in [0.4, 0.5) is 0 Å². The van der Waals surface area contributed by atoms with Crippen LogP contribution in [-0.2, 0) is 11.3 Å². The van der Waals surface area contributed by atoms with Gasteiger partial charge in [0.25, 0.3) is 0 Å². The third kappa shape index (κ3) is 4.51. The predicted molar refractivity (Wildman–Crippen MR) is 69.5 cm³/mol. The highest BCUT2D eigenvalue weighted by atomic mass is 79.9. The summed E-state index contributed by atoms with van der Waals surface area (Å²) in [6.07, 6.45) is 0. The lowest BCUT2D eigenvalue weighted by Gasteiger charge is -2.06. The van der Waals surface area contributed by atoms with Gasteiger partial charge in [-0.15, -0.1) is 0 Å². The summed E-state index contributed by atoms with van der Waals surface area (Å²) in [4.78, 5) is 11.2. The van der Waals surface area contributed by atoms with Gasteiger partial charge in [0.05, 0.1) is 11.6 Å². The Hall–Kier alpha value is -0.580. The van der Waals surface area contributed by atoms with E-state index in [0.717, 1.165) is 10.0 Å². The summed E-state index contributed by atoms with van der Waals surface area (Å²) in [6.45, 7) is 3.53. The van der Waals surface area contributed by atoms with E-state index in [1.165, 1.54) is 0 Å². The van der Waals surface area contributed by atoms with Crippen molar-refractivity contribution in [1.29, 1.82) is 0 Å². The predicted octanol–water partition coefficient (Wildman–Crippen LogP) is 2.33. The average molecular weight is 306 g/mol. The SMILES string of the molecule is CCNC(=O)CNCc1ccc(Cl)c(Br)c1. The zero-order valence-electron chi connectivity index (χ0n) is 9.02. The summed E-state index contributed by atoms with van der Waals surface area (Å²) in [5.41, 5.74) is 1.08. The Morgan fingerprint density at radius 2 is 2.25 bits per heavy atom. The molecule has 0 saturated carbocycles. The first-order chi connectivity index (χ1) is 7.63. The second-order valence-electron chi connectivity index (χ2n) is 3.31. The van der Waals surface area contributed by atoms with E-state index in [9.17, 15) is 4.79 Å². The standard InChI is InChI=1S/C11H14BrClN2O/c1-2-15-11(16)7-14-6-8-3-4-10(13)9(12)5-8/h3-5,14H,2,6-7H2,1H3,(H,15,16). The van der Waals surface area contributed by atoms with E-state index in [-0.39, 0.29) is 5.91 Å². The number of halogens is 2. The molecule has 0 heterocycles. The van der Waals surface area contributed by atoms with Gasteiger partial charge in [0.2, 0.25) is 5.91 Å². The zero-order chi connectivity index (χ0) is 12.0. The highest BCUT2D eigenvalue weighted by molar-refractivity contribution is 9.10. The molecule has 88 valence electrons. The number of likely N-dealkylation sites (N-methyl/N-ethyl adjacent to an activating group) is 1. The van der Waals surface area contributed by atoms with Gasteiger partial charge in [-0.25, -0.2) is 0 Å². The molecule has 0 unspecified atom stereocenters. The normalized spacial score (nSPS) is 10.2. The maximum atomic E-state index is 11.2. The van der Waals surface area contributed by atoms with Gasteiger partial charge in [-0.2, -0.15) is 0 Å². The van der Waals surface area contributed by atoms with E-state index >= 15 is 0 Å². The van der Waals surface area contributed by atoms with Crippen molar-refractivity contribution < 1.29 is 4.79 Å². The summed E-state index contributed by atoms with van der Waals surface area (Å²) in [7, 11) is 0. The molecule has 0 aliphatic rings.